The Balaban J connectivity index is 1.84. The molecule has 0 bridgehead atoms. The van der Waals surface area contributed by atoms with E-state index in [9.17, 15) is 18.0 Å². The molecule has 1 aromatic rings. The fraction of sp³-hybridized carbons (Fsp3) is 0.571. The van der Waals surface area contributed by atoms with Gasteiger partial charge in [0, 0.05) is 39.8 Å². The average Bonchev–Trinajstić information content (AvgIpc) is 3.09. The van der Waals surface area contributed by atoms with Crippen LogP contribution in [0.25, 0.3) is 0 Å². The molecule has 0 saturated heterocycles. The lowest BCUT2D eigenvalue weighted by atomic mass is 10.1. The van der Waals surface area contributed by atoms with Crippen LogP contribution in [0.4, 0.5) is 0 Å². The second-order valence-corrected chi connectivity index (χ2v) is 12.3. The molecular formula is C28H45N5O5S. The standard InChI is InChI=1S/C28H45N5O5S/c1-21-18-25(38-7)19-22(2)26(21)39(36,37)33(6)17-15-30-27(34)28(35)32(5)20-23-10-8-11-24(13-12-23)29-14-9-16-31(3)4/h8,10,12,18-19,24,29H,9,11,13-17,20H2,1-7H3,(H,30,34). The number of ether oxygens (including phenoxy) is 1. The molecule has 0 radical (unpaired) electrons. The smallest absolute Gasteiger partial charge is 0.311 e. The van der Waals surface area contributed by atoms with Crippen molar-refractivity contribution in [2.75, 3.05) is 68.0 Å². The first-order valence-corrected chi connectivity index (χ1v) is 14.7. The molecule has 1 aliphatic rings. The summed E-state index contributed by atoms with van der Waals surface area (Å²) in [6, 6.07) is 3.70. The highest BCUT2D eigenvalue weighted by molar-refractivity contribution is 7.89. The predicted octanol–water partition coefficient (Wildman–Crippen LogP) is 1.69. The summed E-state index contributed by atoms with van der Waals surface area (Å²) in [7, 11) is 4.91. The van der Waals surface area contributed by atoms with E-state index in [1.807, 2.05) is 6.08 Å². The quantitative estimate of drug-likeness (QED) is 0.278. The highest BCUT2D eigenvalue weighted by Crippen LogP contribution is 2.27. The van der Waals surface area contributed by atoms with Crippen LogP contribution >= 0.6 is 0 Å². The summed E-state index contributed by atoms with van der Waals surface area (Å²) >= 11 is 0. The van der Waals surface area contributed by atoms with Crippen LogP contribution < -0.4 is 15.4 Å². The third-order valence-corrected chi connectivity index (χ3v) is 8.81. The van der Waals surface area contributed by atoms with Crippen molar-refractivity contribution in [3.8, 4) is 5.75 Å². The highest BCUT2D eigenvalue weighted by Gasteiger charge is 2.26. The SMILES string of the molecule is COc1cc(C)c(S(=O)(=O)N(C)CCNC(=O)C(=O)N(C)CC2=CCC(NCCCN(C)C)CC=C2)c(C)c1. The third kappa shape index (κ3) is 9.75. The molecule has 0 fully saturated rings. The van der Waals surface area contributed by atoms with Gasteiger partial charge in [-0.1, -0.05) is 18.2 Å². The maximum Gasteiger partial charge on any atom is 0.311 e. The van der Waals surface area contributed by atoms with Crippen molar-refractivity contribution >= 4 is 21.8 Å². The van der Waals surface area contributed by atoms with E-state index in [0.717, 1.165) is 37.9 Å². The van der Waals surface area contributed by atoms with Gasteiger partial charge in [0.15, 0.2) is 0 Å². The Bertz CT molecular complexity index is 1140. The Morgan fingerprint density at radius 2 is 1.69 bits per heavy atom. The van der Waals surface area contributed by atoms with E-state index < -0.39 is 21.8 Å². The lowest BCUT2D eigenvalue weighted by Crippen LogP contribution is -2.44. The summed E-state index contributed by atoms with van der Waals surface area (Å²) < 4.78 is 32.7. The summed E-state index contributed by atoms with van der Waals surface area (Å²) in [6.07, 6.45) is 9.06. The number of hydrogen-bond donors (Lipinski definition) is 2. The second-order valence-electron chi connectivity index (χ2n) is 10.3. The first-order valence-electron chi connectivity index (χ1n) is 13.2. The molecule has 1 unspecified atom stereocenters. The van der Waals surface area contributed by atoms with Crippen molar-refractivity contribution in [3.63, 3.8) is 0 Å². The molecular weight excluding hydrogens is 518 g/mol. The fourth-order valence-electron chi connectivity index (χ4n) is 4.46. The Kier molecular flexibility index (Phi) is 12.6. The van der Waals surface area contributed by atoms with Crippen molar-refractivity contribution in [3.05, 3.63) is 47.1 Å². The number of nitrogens with one attached hydrogen (secondary N) is 2. The average molecular weight is 564 g/mol. The number of hydrogen-bond acceptors (Lipinski definition) is 7. The largest absolute Gasteiger partial charge is 0.497 e. The van der Waals surface area contributed by atoms with Gasteiger partial charge in [-0.3, -0.25) is 9.59 Å². The summed E-state index contributed by atoms with van der Waals surface area (Å²) in [4.78, 5) is 28.9. The number of likely N-dealkylation sites (N-methyl/N-ethyl adjacent to an activating group) is 2. The van der Waals surface area contributed by atoms with E-state index in [1.165, 1.54) is 23.4 Å². The number of methoxy groups -OCH3 is 1. The van der Waals surface area contributed by atoms with Crippen LogP contribution in [0.15, 0.2) is 40.8 Å². The molecule has 0 aromatic heterocycles. The molecule has 39 heavy (non-hydrogen) atoms. The molecule has 11 heteroatoms. The van der Waals surface area contributed by atoms with Gasteiger partial charge in [-0.2, -0.15) is 4.31 Å². The lowest BCUT2D eigenvalue weighted by molar-refractivity contribution is -0.144. The van der Waals surface area contributed by atoms with Gasteiger partial charge in [0.05, 0.1) is 12.0 Å². The van der Waals surface area contributed by atoms with Crippen molar-refractivity contribution in [1.82, 2.24) is 24.7 Å². The van der Waals surface area contributed by atoms with E-state index >= 15 is 0 Å². The van der Waals surface area contributed by atoms with Crippen molar-refractivity contribution < 1.29 is 22.7 Å². The van der Waals surface area contributed by atoms with E-state index in [2.05, 4.69) is 41.8 Å². The fourth-order valence-corrected chi connectivity index (χ4v) is 6.03. The van der Waals surface area contributed by atoms with E-state index in [1.54, 1.807) is 33.0 Å². The van der Waals surface area contributed by atoms with E-state index in [4.69, 9.17) is 4.74 Å². The minimum absolute atomic E-state index is 0.00612. The van der Waals surface area contributed by atoms with Crippen LogP contribution in [-0.2, 0) is 19.6 Å². The number of sulfonamides is 1. The number of rotatable bonds is 13. The molecule has 1 atom stereocenters. The molecule has 0 spiro atoms. The Hall–Kier alpha value is -2.73. The Morgan fingerprint density at radius 1 is 1.03 bits per heavy atom. The topological polar surface area (TPSA) is 111 Å². The molecule has 2 N–H and O–H groups in total. The van der Waals surface area contributed by atoms with Gasteiger partial charge in [0.2, 0.25) is 10.0 Å². The van der Waals surface area contributed by atoms with Crippen molar-refractivity contribution in [1.29, 1.82) is 0 Å². The monoisotopic (exact) mass is 563 g/mol. The number of nitrogens with zero attached hydrogens (tertiary/aromatic N) is 3. The van der Waals surface area contributed by atoms with Crippen molar-refractivity contribution in [2.45, 2.75) is 44.0 Å². The molecule has 2 rings (SSSR count). The lowest BCUT2D eigenvalue weighted by Gasteiger charge is -2.21. The van der Waals surface area contributed by atoms with Crippen LogP contribution in [-0.4, -0.2) is 108 Å². The first-order chi connectivity index (χ1) is 18.4. The maximum absolute atomic E-state index is 13.1. The van der Waals surface area contributed by atoms with Crippen molar-refractivity contribution in [2.24, 2.45) is 0 Å². The van der Waals surface area contributed by atoms with Crippen LogP contribution in [0, 0.1) is 13.8 Å². The van der Waals surface area contributed by atoms with Gasteiger partial charge >= 0.3 is 11.8 Å². The van der Waals surface area contributed by atoms with Gasteiger partial charge in [-0.05, 0) is 89.1 Å². The highest BCUT2D eigenvalue weighted by atomic mass is 32.2. The molecule has 1 aromatic carbocycles. The number of carbonyl (C=O) groups is 2. The molecule has 0 aliphatic heterocycles. The van der Waals surface area contributed by atoms with Gasteiger partial charge in [0.1, 0.15) is 5.75 Å². The zero-order valence-electron chi connectivity index (χ0n) is 24.4. The summed E-state index contributed by atoms with van der Waals surface area (Å²) in [5, 5.41) is 6.13. The predicted molar refractivity (Wildman–Crippen MR) is 154 cm³/mol. The number of carbonyl (C=O) groups excluding carboxylic acids is 2. The van der Waals surface area contributed by atoms with E-state index in [0.29, 0.717) is 29.5 Å². The summed E-state index contributed by atoms with van der Waals surface area (Å²) in [5.74, 6) is -0.846. The molecule has 1 aliphatic carbocycles. The van der Waals surface area contributed by atoms with Crippen LogP contribution in [0.1, 0.15) is 30.4 Å². The zero-order chi connectivity index (χ0) is 29.2. The maximum atomic E-state index is 13.1. The van der Waals surface area contributed by atoms with Crippen LogP contribution in [0.2, 0.25) is 0 Å². The third-order valence-electron chi connectivity index (χ3n) is 6.64. The molecule has 0 saturated carbocycles. The van der Waals surface area contributed by atoms with Gasteiger partial charge in [-0.25, -0.2) is 8.42 Å². The first kappa shape index (κ1) is 32.5. The minimum atomic E-state index is -3.79. The minimum Gasteiger partial charge on any atom is -0.497 e. The van der Waals surface area contributed by atoms with Crippen LogP contribution in [0.3, 0.4) is 0 Å². The number of benzene rings is 1. The summed E-state index contributed by atoms with van der Waals surface area (Å²) in [6.45, 7) is 5.77. The number of aryl methyl sites for hydroxylation is 2. The molecule has 218 valence electrons. The molecule has 0 heterocycles. The number of amides is 2. The Morgan fingerprint density at radius 3 is 2.31 bits per heavy atom. The van der Waals surface area contributed by atoms with Gasteiger partial charge in [0.25, 0.3) is 0 Å². The molecule has 10 nitrogen and oxygen atoms in total. The molecule has 2 amide bonds. The summed E-state index contributed by atoms with van der Waals surface area (Å²) in [5.41, 5.74) is 2.13. The normalized spacial score (nSPS) is 15.7. The van der Waals surface area contributed by atoms with E-state index in [-0.39, 0.29) is 18.0 Å². The van der Waals surface area contributed by atoms with Gasteiger partial charge < -0.3 is 25.2 Å². The van der Waals surface area contributed by atoms with Gasteiger partial charge in [-0.15, -0.1) is 0 Å². The Labute approximate surface area is 234 Å². The van der Waals surface area contributed by atoms with Crippen LogP contribution in [0.5, 0.6) is 5.75 Å². The second kappa shape index (κ2) is 15.2. The zero-order valence-corrected chi connectivity index (χ0v) is 25.2.